The van der Waals surface area contributed by atoms with Gasteiger partial charge in [0.05, 0.1) is 11.0 Å². The summed E-state index contributed by atoms with van der Waals surface area (Å²) in [7, 11) is 0. The zero-order valence-corrected chi connectivity index (χ0v) is 14.8. The van der Waals surface area contributed by atoms with Crippen molar-refractivity contribution in [2.75, 3.05) is 10.6 Å². The first-order chi connectivity index (χ1) is 13.2. The van der Waals surface area contributed by atoms with Gasteiger partial charge in [0.15, 0.2) is 0 Å². The summed E-state index contributed by atoms with van der Waals surface area (Å²) in [4.78, 5) is 16.2. The van der Waals surface area contributed by atoms with Crippen molar-refractivity contribution in [1.82, 2.24) is 9.55 Å². The van der Waals surface area contributed by atoms with Gasteiger partial charge in [0, 0.05) is 23.9 Å². The van der Waals surface area contributed by atoms with Gasteiger partial charge in [-0.15, -0.1) is 0 Å². The molecule has 0 saturated heterocycles. The van der Waals surface area contributed by atoms with Crippen LogP contribution < -0.4 is 10.6 Å². The molecule has 132 valence electrons. The van der Waals surface area contributed by atoms with Crippen molar-refractivity contribution < 1.29 is 4.79 Å². The lowest BCUT2D eigenvalue weighted by molar-refractivity contribution is -0.114. The number of carbonyl (C=O) groups is 1. The smallest absolute Gasteiger partial charge is 0.221 e. The molecule has 1 amide bonds. The highest BCUT2D eigenvalue weighted by Crippen LogP contribution is 2.40. The summed E-state index contributed by atoms with van der Waals surface area (Å²) in [6.45, 7) is 1.51. The number of rotatable bonds is 2. The van der Waals surface area contributed by atoms with E-state index < -0.39 is 0 Å². The molecule has 0 radical (unpaired) electrons. The van der Waals surface area contributed by atoms with Crippen LogP contribution in [0.1, 0.15) is 18.7 Å². The van der Waals surface area contributed by atoms with Gasteiger partial charge in [-0.1, -0.05) is 36.4 Å². The quantitative estimate of drug-likeness (QED) is 0.552. The van der Waals surface area contributed by atoms with Crippen molar-refractivity contribution in [3.05, 3.63) is 78.4 Å². The van der Waals surface area contributed by atoms with Gasteiger partial charge in [0.1, 0.15) is 12.0 Å². The van der Waals surface area contributed by atoms with Gasteiger partial charge in [0.25, 0.3) is 0 Å². The lowest BCUT2D eigenvalue weighted by Crippen LogP contribution is -2.24. The van der Waals surface area contributed by atoms with E-state index in [1.807, 2.05) is 54.6 Å². The van der Waals surface area contributed by atoms with Crippen molar-refractivity contribution in [3.63, 3.8) is 0 Å². The number of carbonyl (C=O) groups excluding carboxylic acids is 1. The Bertz CT molecular complexity index is 1160. The van der Waals surface area contributed by atoms with Gasteiger partial charge >= 0.3 is 0 Å². The monoisotopic (exact) mass is 354 g/mol. The maximum Gasteiger partial charge on any atom is 0.221 e. The van der Waals surface area contributed by atoms with Crippen LogP contribution in [0.2, 0.25) is 0 Å². The van der Waals surface area contributed by atoms with E-state index in [9.17, 15) is 4.79 Å². The molecule has 27 heavy (non-hydrogen) atoms. The minimum absolute atomic E-state index is 0.0737. The highest BCUT2D eigenvalue weighted by atomic mass is 16.1. The summed E-state index contributed by atoms with van der Waals surface area (Å²) in [5.41, 5.74) is 6.12. The lowest BCUT2D eigenvalue weighted by atomic mass is 10.1. The number of imidazole rings is 1. The van der Waals surface area contributed by atoms with E-state index in [0.717, 1.165) is 39.4 Å². The van der Waals surface area contributed by atoms with Crippen LogP contribution in [0.4, 0.5) is 11.4 Å². The van der Waals surface area contributed by atoms with Crippen molar-refractivity contribution in [2.45, 2.75) is 13.1 Å². The second-order valence-electron chi connectivity index (χ2n) is 6.69. The number of anilines is 2. The highest BCUT2D eigenvalue weighted by Gasteiger charge is 2.27. The van der Waals surface area contributed by atoms with Crippen molar-refractivity contribution >= 4 is 28.3 Å². The number of hydrogen-bond donors (Lipinski definition) is 2. The molecular weight excluding hydrogens is 336 g/mol. The molecule has 5 heteroatoms. The summed E-state index contributed by atoms with van der Waals surface area (Å²) in [5.74, 6) is 0.886. The van der Waals surface area contributed by atoms with Crippen LogP contribution in [-0.2, 0) is 4.79 Å². The summed E-state index contributed by atoms with van der Waals surface area (Å²) >= 11 is 0. The predicted molar refractivity (Wildman–Crippen MR) is 108 cm³/mol. The first-order valence-corrected chi connectivity index (χ1v) is 8.91. The Kier molecular flexibility index (Phi) is 3.47. The Labute approximate surface area is 156 Å². The van der Waals surface area contributed by atoms with Gasteiger partial charge in [-0.3, -0.25) is 9.36 Å². The Morgan fingerprint density at radius 2 is 1.74 bits per heavy atom. The fraction of sp³-hybridized carbons (Fsp3) is 0.0909. The average molecular weight is 354 g/mol. The molecule has 5 rings (SSSR count). The lowest BCUT2D eigenvalue weighted by Gasteiger charge is -2.30. The minimum Gasteiger partial charge on any atom is -0.361 e. The molecule has 1 aliphatic heterocycles. The Hall–Kier alpha value is -3.60. The van der Waals surface area contributed by atoms with Gasteiger partial charge in [-0.2, -0.15) is 0 Å². The number of nitrogens with one attached hydrogen (secondary N) is 2. The second kappa shape index (κ2) is 5.99. The second-order valence-corrected chi connectivity index (χ2v) is 6.69. The number of benzene rings is 3. The Morgan fingerprint density at radius 3 is 2.56 bits per heavy atom. The zero-order valence-electron chi connectivity index (χ0n) is 14.8. The van der Waals surface area contributed by atoms with E-state index >= 15 is 0 Å². The molecule has 5 nitrogen and oxygen atoms in total. The molecule has 1 aromatic heterocycles. The number of aromatic nitrogens is 2. The van der Waals surface area contributed by atoms with Crippen LogP contribution in [0.15, 0.2) is 72.8 Å². The van der Waals surface area contributed by atoms with E-state index in [-0.39, 0.29) is 12.1 Å². The van der Waals surface area contributed by atoms with Crippen molar-refractivity contribution in [1.29, 1.82) is 0 Å². The van der Waals surface area contributed by atoms with Crippen LogP contribution in [0, 0.1) is 0 Å². The van der Waals surface area contributed by atoms with E-state index in [2.05, 4.69) is 33.4 Å². The summed E-state index contributed by atoms with van der Waals surface area (Å²) in [6.07, 6.45) is -0.0753. The van der Waals surface area contributed by atoms with Crippen molar-refractivity contribution in [2.24, 2.45) is 0 Å². The molecule has 1 aliphatic rings. The highest BCUT2D eigenvalue weighted by molar-refractivity contribution is 5.89. The number of amides is 1. The topological polar surface area (TPSA) is 59.0 Å². The SMILES string of the molecule is CC(=O)Nc1ccc([C@@H]2Nc3ccccc3-c3nc4ccccc4n32)cc1. The first-order valence-electron chi connectivity index (χ1n) is 8.91. The molecule has 2 heterocycles. The normalized spacial score (nSPS) is 14.9. The van der Waals surface area contributed by atoms with E-state index in [0.29, 0.717) is 0 Å². The summed E-state index contributed by atoms with van der Waals surface area (Å²) < 4.78 is 2.24. The van der Waals surface area contributed by atoms with Crippen LogP contribution in [-0.4, -0.2) is 15.5 Å². The van der Waals surface area contributed by atoms with Gasteiger partial charge in [-0.25, -0.2) is 4.98 Å². The molecule has 3 aromatic carbocycles. The molecule has 0 aliphatic carbocycles. The van der Waals surface area contributed by atoms with Gasteiger partial charge < -0.3 is 10.6 Å². The van der Waals surface area contributed by atoms with E-state index in [1.54, 1.807) is 0 Å². The summed E-state index contributed by atoms with van der Waals surface area (Å²) in [5, 5.41) is 6.46. The Morgan fingerprint density at radius 1 is 1.00 bits per heavy atom. The van der Waals surface area contributed by atoms with Gasteiger partial charge in [0.2, 0.25) is 5.91 Å². The van der Waals surface area contributed by atoms with Crippen LogP contribution in [0.3, 0.4) is 0 Å². The van der Waals surface area contributed by atoms with Crippen LogP contribution in [0.5, 0.6) is 0 Å². The third kappa shape index (κ3) is 2.56. The number of fused-ring (bicyclic) bond motifs is 5. The molecule has 0 spiro atoms. The standard InChI is InChI=1S/C22H18N4O/c1-14(27)23-16-12-10-15(11-13-16)21-24-18-7-3-2-6-17(18)22-25-19-8-4-5-9-20(19)26(21)22/h2-13,21,24H,1H3,(H,23,27)/t21-/m1/s1. The zero-order chi connectivity index (χ0) is 18.4. The minimum atomic E-state index is -0.0753. The molecule has 0 saturated carbocycles. The summed E-state index contributed by atoms with van der Waals surface area (Å²) in [6, 6.07) is 24.4. The third-order valence-electron chi connectivity index (χ3n) is 4.86. The number of hydrogen-bond acceptors (Lipinski definition) is 3. The average Bonchev–Trinajstić information content (AvgIpc) is 3.07. The van der Waals surface area contributed by atoms with E-state index in [1.165, 1.54) is 6.92 Å². The molecule has 0 unspecified atom stereocenters. The maximum atomic E-state index is 11.3. The fourth-order valence-electron chi connectivity index (χ4n) is 3.70. The fourth-order valence-corrected chi connectivity index (χ4v) is 3.70. The molecule has 2 N–H and O–H groups in total. The molecular formula is C22H18N4O. The largest absolute Gasteiger partial charge is 0.361 e. The maximum absolute atomic E-state index is 11.3. The van der Waals surface area contributed by atoms with E-state index in [4.69, 9.17) is 4.98 Å². The molecule has 1 atom stereocenters. The van der Waals surface area contributed by atoms with Crippen LogP contribution in [0.25, 0.3) is 22.4 Å². The molecule has 4 aromatic rings. The molecule has 0 fully saturated rings. The van der Waals surface area contributed by atoms with Crippen molar-refractivity contribution in [3.8, 4) is 11.4 Å². The molecule has 0 bridgehead atoms. The third-order valence-corrected chi connectivity index (χ3v) is 4.86. The predicted octanol–water partition coefficient (Wildman–Crippen LogP) is 4.63. The Balaban J connectivity index is 1.68. The number of nitrogens with zero attached hydrogens (tertiary/aromatic N) is 2. The van der Waals surface area contributed by atoms with Crippen LogP contribution >= 0.6 is 0 Å². The number of para-hydroxylation sites is 3. The first kappa shape index (κ1) is 15.6. The van der Waals surface area contributed by atoms with Gasteiger partial charge in [-0.05, 0) is 42.0 Å².